The summed E-state index contributed by atoms with van der Waals surface area (Å²) in [5, 5.41) is 13.7. The van der Waals surface area contributed by atoms with E-state index < -0.39 is 0 Å². The van der Waals surface area contributed by atoms with Crippen LogP contribution in [0, 0.1) is 0 Å². The first kappa shape index (κ1) is 21.5. The van der Waals surface area contributed by atoms with Crippen molar-refractivity contribution in [2.45, 2.75) is 6.42 Å². The molecule has 0 bridgehead atoms. The summed E-state index contributed by atoms with van der Waals surface area (Å²) in [6.45, 7) is 0. The molecule has 0 radical (unpaired) electrons. The van der Waals surface area contributed by atoms with E-state index in [2.05, 4.69) is 25.6 Å². The smallest absolute Gasteiger partial charge is 0.191 e. The number of aromatic nitrogens is 3. The van der Waals surface area contributed by atoms with Crippen LogP contribution in [0.3, 0.4) is 0 Å². The van der Waals surface area contributed by atoms with Crippen LogP contribution in [0.4, 0.5) is 11.5 Å². The van der Waals surface area contributed by atoms with Gasteiger partial charge in [0.05, 0.1) is 11.9 Å². The molecule has 0 fully saturated rings. The largest absolute Gasteiger partial charge is 0.378 e. The molecule has 0 aliphatic carbocycles. The zero-order valence-corrected chi connectivity index (χ0v) is 18.7. The van der Waals surface area contributed by atoms with Gasteiger partial charge in [-0.25, -0.2) is 4.98 Å². The predicted octanol–water partition coefficient (Wildman–Crippen LogP) is 5.29. The standard InChI is InChI=1S/C25H23ClN6/c1-32(2)22-14-10-19(11-15-22)17-27-29-25-23(16-18-8-12-21(26)13-9-18)28-24(30-31-25)20-6-4-3-5-7-20/h3-15,17H,16H2,1-2H3,(H,29,31)/b27-17+. The number of benzene rings is 3. The van der Waals surface area contributed by atoms with Gasteiger partial charge in [0.1, 0.15) is 0 Å². The fourth-order valence-electron chi connectivity index (χ4n) is 3.10. The van der Waals surface area contributed by atoms with Gasteiger partial charge in [-0.3, -0.25) is 5.43 Å². The van der Waals surface area contributed by atoms with E-state index in [1.54, 1.807) is 6.21 Å². The van der Waals surface area contributed by atoms with E-state index in [0.717, 1.165) is 28.1 Å². The van der Waals surface area contributed by atoms with Crippen LogP contribution < -0.4 is 10.3 Å². The molecule has 4 aromatic rings. The molecule has 1 N–H and O–H groups in total. The van der Waals surface area contributed by atoms with Crippen molar-refractivity contribution < 1.29 is 0 Å². The maximum absolute atomic E-state index is 6.03. The Morgan fingerprint density at radius 2 is 1.62 bits per heavy atom. The number of anilines is 2. The van der Waals surface area contributed by atoms with Crippen LogP contribution in [-0.4, -0.2) is 35.5 Å². The first-order valence-electron chi connectivity index (χ1n) is 10.2. The number of halogens is 1. The Morgan fingerprint density at radius 3 is 2.31 bits per heavy atom. The summed E-state index contributed by atoms with van der Waals surface area (Å²) in [5.41, 5.74) is 7.85. The number of nitrogens with one attached hydrogen (secondary N) is 1. The van der Waals surface area contributed by atoms with Crippen molar-refractivity contribution >= 4 is 29.3 Å². The lowest BCUT2D eigenvalue weighted by molar-refractivity contribution is 0.920. The average molecular weight is 443 g/mol. The monoisotopic (exact) mass is 442 g/mol. The molecule has 0 saturated heterocycles. The SMILES string of the molecule is CN(C)c1ccc(/C=N/Nc2nnc(-c3ccccc3)nc2Cc2ccc(Cl)cc2)cc1. The zero-order chi connectivity index (χ0) is 22.3. The summed E-state index contributed by atoms with van der Waals surface area (Å²) >= 11 is 6.03. The highest BCUT2D eigenvalue weighted by Crippen LogP contribution is 2.20. The molecule has 0 spiro atoms. The summed E-state index contributed by atoms with van der Waals surface area (Å²) in [6, 6.07) is 25.6. The number of rotatable bonds is 7. The van der Waals surface area contributed by atoms with Crippen LogP contribution >= 0.6 is 11.6 Å². The molecule has 32 heavy (non-hydrogen) atoms. The van der Waals surface area contributed by atoms with Gasteiger partial charge in [-0.2, -0.15) is 5.10 Å². The molecule has 0 unspecified atom stereocenters. The minimum Gasteiger partial charge on any atom is -0.378 e. The second kappa shape index (κ2) is 10.0. The third kappa shape index (κ3) is 5.47. The van der Waals surface area contributed by atoms with E-state index in [9.17, 15) is 0 Å². The van der Waals surface area contributed by atoms with E-state index in [0.29, 0.717) is 23.1 Å². The fraction of sp³-hybridized carbons (Fsp3) is 0.120. The lowest BCUT2D eigenvalue weighted by Gasteiger charge is -2.11. The molecular weight excluding hydrogens is 420 g/mol. The summed E-state index contributed by atoms with van der Waals surface area (Å²) in [5.74, 6) is 1.09. The predicted molar refractivity (Wildman–Crippen MR) is 132 cm³/mol. The Bertz CT molecular complexity index is 1190. The average Bonchev–Trinajstić information content (AvgIpc) is 2.82. The molecule has 160 valence electrons. The van der Waals surface area contributed by atoms with Crippen LogP contribution in [0.25, 0.3) is 11.4 Å². The lowest BCUT2D eigenvalue weighted by Crippen LogP contribution is -2.08. The van der Waals surface area contributed by atoms with Crippen molar-refractivity contribution in [1.29, 1.82) is 0 Å². The van der Waals surface area contributed by atoms with E-state index in [1.807, 2.05) is 93.0 Å². The number of hydrogen-bond donors (Lipinski definition) is 1. The number of hydrogen-bond acceptors (Lipinski definition) is 6. The van der Waals surface area contributed by atoms with E-state index in [1.165, 1.54) is 0 Å². The van der Waals surface area contributed by atoms with Crippen molar-refractivity contribution in [3.05, 3.63) is 101 Å². The molecule has 0 saturated carbocycles. The lowest BCUT2D eigenvalue weighted by atomic mass is 10.1. The molecule has 0 amide bonds. The molecule has 1 heterocycles. The molecular formula is C25H23ClN6. The van der Waals surface area contributed by atoms with Crippen molar-refractivity contribution in [1.82, 2.24) is 15.2 Å². The Kier molecular flexibility index (Phi) is 6.72. The quantitative estimate of drug-likeness (QED) is 0.311. The van der Waals surface area contributed by atoms with Crippen molar-refractivity contribution in [3.8, 4) is 11.4 Å². The zero-order valence-electron chi connectivity index (χ0n) is 17.9. The molecule has 6 nitrogen and oxygen atoms in total. The minimum atomic E-state index is 0.515. The van der Waals surface area contributed by atoms with Gasteiger partial charge in [0, 0.05) is 36.8 Å². The van der Waals surface area contributed by atoms with Gasteiger partial charge >= 0.3 is 0 Å². The second-order valence-corrected chi connectivity index (χ2v) is 7.89. The van der Waals surface area contributed by atoms with Gasteiger partial charge in [-0.15, -0.1) is 10.2 Å². The third-order valence-corrected chi connectivity index (χ3v) is 5.12. The molecule has 1 aromatic heterocycles. The number of hydrazone groups is 1. The summed E-state index contributed by atoms with van der Waals surface area (Å²) in [7, 11) is 4.02. The van der Waals surface area contributed by atoms with Crippen molar-refractivity contribution in [2.75, 3.05) is 24.4 Å². The van der Waals surface area contributed by atoms with Crippen LogP contribution in [0.15, 0.2) is 84.0 Å². The van der Waals surface area contributed by atoms with Crippen molar-refractivity contribution in [2.24, 2.45) is 5.10 Å². The third-order valence-electron chi connectivity index (χ3n) is 4.87. The van der Waals surface area contributed by atoms with Gasteiger partial charge in [0.25, 0.3) is 0 Å². The van der Waals surface area contributed by atoms with Crippen LogP contribution in [0.2, 0.25) is 5.02 Å². The highest BCUT2D eigenvalue weighted by atomic mass is 35.5. The number of nitrogens with zero attached hydrogens (tertiary/aromatic N) is 5. The van der Waals surface area contributed by atoms with E-state index >= 15 is 0 Å². The molecule has 0 aliphatic heterocycles. The first-order valence-corrected chi connectivity index (χ1v) is 10.6. The van der Waals surface area contributed by atoms with Gasteiger partial charge in [-0.1, -0.05) is 66.2 Å². The van der Waals surface area contributed by atoms with Crippen LogP contribution in [0.1, 0.15) is 16.8 Å². The Morgan fingerprint density at radius 1 is 0.906 bits per heavy atom. The normalized spacial score (nSPS) is 11.0. The maximum atomic E-state index is 6.03. The molecule has 4 rings (SSSR count). The molecule has 0 atom stereocenters. The summed E-state index contributed by atoms with van der Waals surface area (Å²) in [6.07, 6.45) is 2.32. The van der Waals surface area contributed by atoms with Crippen LogP contribution in [0.5, 0.6) is 0 Å². The van der Waals surface area contributed by atoms with Gasteiger partial charge in [0.15, 0.2) is 11.6 Å². The Labute approximate surface area is 192 Å². The maximum Gasteiger partial charge on any atom is 0.191 e. The summed E-state index contributed by atoms with van der Waals surface area (Å²) < 4.78 is 0. The molecule has 7 heteroatoms. The van der Waals surface area contributed by atoms with Gasteiger partial charge < -0.3 is 4.90 Å². The topological polar surface area (TPSA) is 66.3 Å². The highest BCUT2D eigenvalue weighted by molar-refractivity contribution is 6.30. The van der Waals surface area contributed by atoms with Gasteiger partial charge in [-0.05, 0) is 35.4 Å². The second-order valence-electron chi connectivity index (χ2n) is 7.46. The molecule has 0 aliphatic rings. The van der Waals surface area contributed by atoms with E-state index in [4.69, 9.17) is 16.6 Å². The molecule has 3 aromatic carbocycles. The fourth-order valence-corrected chi connectivity index (χ4v) is 3.23. The Hall–Kier alpha value is -3.77. The first-order chi connectivity index (χ1) is 15.6. The Balaban J connectivity index is 1.58. The minimum absolute atomic E-state index is 0.515. The van der Waals surface area contributed by atoms with Gasteiger partial charge in [0.2, 0.25) is 0 Å². The van der Waals surface area contributed by atoms with E-state index in [-0.39, 0.29) is 0 Å². The highest BCUT2D eigenvalue weighted by Gasteiger charge is 2.11. The summed E-state index contributed by atoms with van der Waals surface area (Å²) in [4.78, 5) is 6.82. The van der Waals surface area contributed by atoms with Crippen molar-refractivity contribution in [3.63, 3.8) is 0 Å². The van der Waals surface area contributed by atoms with Crippen LogP contribution in [-0.2, 0) is 6.42 Å².